The number of nitrogens with one attached hydrogen (secondary N) is 1. The average Bonchev–Trinajstić information content (AvgIpc) is 2.01. The molecule has 0 radical (unpaired) electrons. The summed E-state index contributed by atoms with van der Waals surface area (Å²) in [5, 5.41) is 2.88. The second-order valence-electron chi connectivity index (χ2n) is 2.69. The van der Waals surface area contributed by atoms with Crippen LogP contribution in [0.15, 0.2) is 0 Å². The smallest absolute Gasteiger partial charge is 0.221 e. The third-order valence-electron chi connectivity index (χ3n) is 1.48. The van der Waals surface area contributed by atoms with Gasteiger partial charge < -0.3 is 5.32 Å². The molecule has 0 aromatic heterocycles. The number of amides is 1. The van der Waals surface area contributed by atoms with Crippen molar-refractivity contribution in [3.63, 3.8) is 0 Å². The van der Waals surface area contributed by atoms with E-state index >= 15 is 0 Å². The molecule has 1 unspecified atom stereocenters. The highest BCUT2D eigenvalue weighted by Gasteiger charge is 2.05. The van der Waals surface area contributed by atoms with Crippen LogP contribution in [0.25, 0.3) is 0 Å². The van der Waals surface area contributed by atoms with Crippen molar-refractivity contribution in [2.45, 2.75) is 25.8 Å². The van der Waals surface area contributed by atoms with Gasteiger partial charge in [-0.05, 0) is 25.4 Å². The zero-order valence-corrected chi connectivity index (χ0v) is 9.17. The van der Waals surface area contributed by atoms with Crippen molar-refractivity contribution in [2.75, 3.05) is 17.9 Å². The van der Waals surface area contributed by atoms with Gasteiger partial charge in [-0.25, -0.2) is 0 Å². The highest BCUT2D eigenvalue weighted by molar-refractivity contribution is 7.98. The van der Waals surface area contributed by atoms with Crippen LogP contribution in [-0.4, -0.2) is 29.8 Å². The van der Waals surface area contributed by atoms with Crippen LogP contribution in [0.3, 0.4) is 0 Å². The van der Waals surface area contributed by atoms with Gasteiger partial charge >= 0.3 is 0 Å². The molecule has 0 aliphatic carbocycles. The Hall–Kier alpha value is 0.110. The van der Waals surface area contributed by atoms with E-state index in [0.717, 1.165) is 12.2 Å². The fraction of sp³-hybridized carbons (Fsp3) is 0.875. The maximum atomic E-state index is 11.0. The molecule has 1 N–H and O–H groups in total. The van der Waals surface area contributed by atoms with E-state index in [1.165, 1.54) is 0 Å². The van der Waals surface area contributed by atoms with Gasteiger partial charge in [0.2, 0.25) is 5.91 Å². The Morgan fingerprint density at radius 3 is 2.83 bits per heavy atom. The second kappa shape index (κ2) is 7.74. The summed E-state index contributed by atoms with van der Waals surface area (Å²) in [6, 6.07) is 0.271. The second-order valence-corrected chi connectivity index (χ2v) is 4.05. The first kappa shape index (κ1) is 12.1. The fourth-order valence-electron chi connectivity index (χ4n) is 0.800. The Bertz CT molecular complexity index is 132. The minimum Gasteiger partial charge on any atom is -0.354 e. The highest BCUT2D eigenvalue weighted by atomic mass is 35.5. The van der Waals surface area contributed by atoms with E-state index in [9.17, 15) is 4.79 Å². The largest absolute Gasteiger partial charge is 0.354 e. The van der Waals surface area contributed by atoms with E-state index in [1.807, 2.05) is 6.92 Å². The number of alkyl halides is 1. The molecule has 0 rings (SSSR count). The van der Waals surface area contributed by atoms with Gasteiger partial charge in [-0.3, -0.25) is 4.79 Å². The van der Waals surface area contributed by atoms with E-state index in [4.69, 9.17) is 11.6 Å². The maximum Gasteiger partial charge on any atom is 0.221 e. The fourth-order valence-corrected chi connectivity index (χ4v) is 1.56. The summed E-state index contributed by atoms with van der Waals surface area (Å²) in [6.07, 6.45) is 3.51. The molecule has 0 aromatic rings. The van der Waals surface area contributed by atoms with E-state index in [1.54, 1.807) is 11.8 Å². The molecule has 0 bridgehead atoms. The van der Waals surface area contributed by atoms with E-state index in [0.29, 0.717) is 12.3 Å². The topological polar surface area (TPSA) is 29.1 Å². The average molecular weight is 210 g/mol. The molecular formula is C8H16ClNOS. The molecule has 1 atom stereocenters. The van der Waals surface area contributed by atoms with Gasteiger partial charge in [0, 0.05) is 18.3 Å². The minimum absolute atomic E-state index is 0.0543. The van der Waals surface area contributed by atoms with Crippen LogP contribution >= 0.6 is 23.4 Å². The highest BCUT2D eigenvalue weighted by Crippen LogP contribution is 2.00. The van der Waals surface area contributed by atoms with E-state index in [2.05, 4.69) is 11.6 Å². The molecule has 12 heavy (non-hydrogen) atoms. The summed E-state index contributed by atoms with van der Waals surface area (Å²) in [6.45, 7) is 2.02. The van der Waals surface area contributed by atoms with Crippen LogP contribution in [0, 0.1) is 0 Å². The lowest BCUT2D eigenvalue weighted by molar-refractivity contribution is -0.121. The first-order valence-corrected chi connectivity index (χ1v) is 5.97. The van der Waals surface area contributed by atoms with Crippen LogP contribution in [0.2, 0.25) is 0 Å². The summed E-state index contributed by atoms with van der Waals surface area (Å²) in [5.41, 5.74) is 0. The summed E-state index contributed by atoms with van der Waals surface area (Å²) in [7, 11) is 0. The Morgan fingerprint density at radius 1 is 1.67 bits per heavy atom. The lowest BCUT2D eigenvalue weighted by Crippen LogP contribution is -2.32. The van der Waals surface area contributed by atoms with Crippen molar-refractivity contribution >= 4 is 29.3 Å². The molecule has 0 heterocycles. The third-order valence-corrected chi connectivity index (χ3v) is 2.32. The lowest BCUT2D eigenvalue weighted by atomic mass is 10.2. The molecule has 0 aliphatic heterocycles. The Labute approximate surface area is 83.4 Å². The van der Waals surface area contributed by atoms with Crippen molar-refractivity contribution in [2.24, 2.45) is 0 Å². The number of hydrogen-bond acceptors (Lipinski definition) is 2. The van der Waals surface area contributed by atoms with Gasteiger partial charge in [-0.2, -0.15) is 11.8 Å². The molecule has 4 heteroatoms. The Kier molecular flexibility index (Phi) is 7.81. The van der Waals surface area contributed by atoms with Crippen molar-refractivity contribution in [3.8, 4) is 0 Å². The SMILES string of the molecule is CSCCC(C)NC(=O)CCCl. The zero-order valence-electron chi connectivity index (χ0n) is 7.60. The summed E-state index contributed by atoms with van der Waals surface area (Å²) < 4.78 is 0. The molecular weight excluding hydrogens is 194 g/mol. The summed E-state index contributed by atoms with van der Waals surface area (Å²) in [4.78, 5) is 11.0. The molecule has 1 amide bonds. The number of carbonyl (C=O) groups is 1. The molecule has 0 spiro atoms. The molecule has 0 aliphatic rings. The van der Waals surface area contributed by atoms with Gasteiger partial charge in [-0.1, -0.05) is 0 Å². The van der Waals surface area contributed by atoms with Crippen LogP contribution in [0.5, 0.6) is 0 Å². The lowest BCUT2D eigenvalue weighted by Gasteiger charge is -2.12. The summed E-state index contributed by atoms with van der Waals surface area (Å²) >= 11 is 7.21. The first-order chi connectivity index (χ1) is 5.70. The normalized spacial score (nSPS) is 12.6. The summed E-state index contributed by atoms with van der Waals surface area (Å²) in [5.74, 6) is 1.54. The predicted molar refractivity (Wildman–Crippen MR) is 55.9 cm³/mol. The standard InChI is InChI=1S/C8H16ClNOS/c1-7(4-6-12-2)10-8(11)3-5-9/h7H,3-6H2,1-2H3,(H,10,11). The van der Waals surface area contributed by atoms with Crippen LogP contribution in [0.4, 0.5) is 0 Å². The van der Waals surface area contributed by atoms with Gasteiger partial charge in [0.05, 0.1) is 0 Å². The van der Waals surface area contributed by atoms with Gasteiger partial charge in [0.25, 0.3) is 0 Å². The molecule has 0 fully saturated rings. The molecule has 0 saturated heterocycles. The van der Waals surface area contributed by atoms with Crippen molar-refractivity contribution in [3.05, 3.63) is 0 Å². The van der Waals surface area contributed by atoms with Gasteiger partial charge in [-0.15, -0.1) is 11.6 Å². The van der Waals surface area contributed by atoms with E-state index in [-0.39, 0.29) is 11.9 Å². The third kappa shape index (κ3) is 6.80. The minimum atomic E-state index is 0.0543. The maximum absolute atomic E-state index is 11.0. The van der Waals surface area contributed by atoms with Crippen LogP contribution in [-0.2, 0) is 4.79 Å². The zero-order chi connectivity index (χ0) is 9.40. The molecule has 2 nitrogen and oxygen atoms in total. The Morgan fingerprint density at radius 2 is 2.33 bits per heavy atom. The first-order valence-electron chi connectivity index (χ1n) is 4.05. The van der Waals surface area contributed by atoms with Crippen LogP contribution < -0.4 is 5.32 Å². The van der Waals surface area contributed by atoms with Gasteiger partial charge in [0.15, 0.2) is 0 Å². The monoisotopic (exact) mass is 209 g/mol. The van der Waals surface area contributed by atoms with E-state index < -0.39 is 0 Å². The predicted octanol–water partition coefficient (Wildman–Crippen LogP) is 1.87. The van der Waals surface area contributed by atoms with Crippen molar-refractivity contribution in [1.82, 2.24) is 5.32 Å². The number of halogens is 1. The van der Waals surface area contributed by atoms with Gasteiger partial charge in [0.1, 0.15) is 0 Å². The Balaban J connectivity index is 3.40. The quantitative estimate of drug-likeness (QED) is 0.677. The molecule has 72 valence electrons. The number of carbonyl (C=O) groups excluding carboxylic acids is 1. The molecule has 0 saturated carbocycles. The van der Waals surface area contributed by atoms with Crippen molar-refractivity contribution in [1.29, 1.82) is 0 Å². The van der Waals surface area contributed by atoms with Crippen molar-refractivity contribution < 1.29 is 4.79 Å². The number of rotatable bonds is 6. The van der Waals surface area contributed by atoms with Crippen LogP contribution in [0.1, 0.15) is 19.8 Å². The number of hydrogen-bond donors (Lipinski definition) is 1. The molecule has 0 aromatic carbocycles. The number of thioether (sulfide) groups is 1.